The van der Waals surface area contributed by atoms with Crippen LogP contribution in [0.3, 0.4) is 0 Å². The van der Waals surface area contributed by atoms with Gasteiger partial charge in [-0.3, -0.25) is 14.5 Å². The van der Waals surface area contributed by atoms with Crippen LogP contribution in [-0.2, 0) is 11.3 Å². The maximum absolute atomic E-state index is 12.4. The number of rotatable bonds is 5. The minimum Gasteiger partial charge on any atom is -0.392 e. The van der Waals surface area contributed by atoms with Crippen molar-refractivity contribution in [1.29, 1.82) is 0 Å². The Morgan fingerprint density at radius 1 is 1.24 bits per heavy atom. The van der Waals surface area contributed by atoms with Crippen molar-refractivity contribution in [3.8, 4) is 0 Å². The maximum Gasteiger partial charge on any atom is 0.277 e. The first-order chi connectivity index (χ1) is 12.0. The van der Waals surface area contributed by atoms with E-state index in [0.29, 0.717) is 30.5 Å². The third kappa shape index (κ3) is 4.21. The van der Waals surface area contributed by atoms with Crippen molar-refractivity contribution in [3.05, 3.63) is 34.6 Å². The Morgan fingerprint density at radius 2 is 1.96 bits per heavy atom. The number of nitrogens with zero attached hydrogens (tertiary/aromatic N) is 5. The number of hydrogen-bond acceptors (Lipinski definition) is 6. The number of carbonyl (C=O) groups is 1. The smallest absolute Gasteiger partial charge is 0.277 e. The van der Waals surface area contributed by atoms with Crippen LogP contribution in [0.2, 0.25) is 0 Å². The van der Waals surface area contributed by atoms with Crippen LogP contribution in [-0.4, -0.2) is 74.6 Å². The van der Waals surface area contributed by atoms with Gasteiger partial charge < -0.3 is 10.0 Å². The van der Waals surface area contributed by atoms with Crippen LogP contribution in [0.4, 0.5) is 0 Å². The molecular formula is C17H23N5O3. The van der Waals surface area contributed by atoms with Gasteiger partial charge in [-0.1, -0.05) is 17.3 Å². The molecule has 25 heavy (non-hydrogen) atoms. The van der Waals surface area contributed by atoms with Crippen LogP contribution in [0.15, 0.2) is 29.1 Å². The van der Waals surface area contributed by atoms with Crippen LogP contribution in [0.25, 0.3) is 10.9 Å². The van der Waals surface area contributed by atoms with E-state index >= 15 is 0 Å². The molecular weight excluding hydrogens is 322 g/mol. The average molecular weight is 345 g/mol. The van der Waals surface area contributed by atoms with Crippen molar-refractivity contribution >= 4 is 16.8 Å². The summed E-state index contributed by atoms with van der Waals surface area (Å²) in [5.41, 5.74) is 0.337. The van der Waals surface area contributed by atoms with Gasteiger partial charge >= 0.3 is 0 Å². The normalized spacial score (nSPS) is 17.0. The number of carbonyl (C=O) groups excluding carboxylic acids is 1. The standard InChI is InChI=1S/C17H23N5O3/c1-13(23)12-20-8-10-21(11-9-20)16(24)6-7-22-17(25)14-4-2-3-5-15(14)18-19-22/h2-5,13,23H,6-12H2,1H3/t13-/m1/s1. The Morgan fingerprint density at radius 3 is 2.68 bits per heavy atom. The highest BCUT2D eigenvalue weighted by molar-refractivity contribution is 5.77. The lowest BCUT2D eigenvalue weighted by Gasteiger charge is -2.35. The molecule has 1 saturated heterocycles. The molecule has 1 aromatic heterocycles. The van der Waals surface area contributed by atoms with Crippen molar-refractivity contribution in [2.45, 2.75) is 26.0 Å². The molecule has 0 spiro atoms. The van der Waals surface area contributed by atoms with Crippen LogP contribution in [0, 0.1) is 0 Å². The van der Waals surface area contributed by atoms with Crippen molar-refractivity contribution < 1.29 is 9.90 Å². The molecule has 1 fully saturated rings. The van der Waals surface area contributed by atoms with Gasteiger partial charge in [0.05, 0.1) is 18.0 Å². The third-order valence-electron chi connectivity index (χ3n) is 4.41. The maximum atomic E-state index is 12.4. The molecule has 0 unspecified atom stereocenters. The van der Waals surface area contributed by atoms with Gasteiger partial charge in [0, 0.05) is 39.1 Å². The summed E-state index contributed by atoms with van der Waals surface area (Å²) in [6, 6.07) is 7.05. The molecule has 0 bridgehead atoms. The number of aliphatic hydroxyl groups excluding tert-OH is 1. The zero-order chi connectivity index (χ0) is 17.8. The van der Waals surface area contributed by atoms with E-state index in [1.54, 1.807) is 30.0 Å². The second-order valence-corrected chi connectivity index (χ2v) is 6.42. The van der Waals surface area contributed by atoms with Gasteiger partial charge in [0.25, 0.3) is 5.56 Å². The number of piperazine rings is 1. The Balaban J connectivity index is 1.56. The van der Waals surface area contributed by atoms with E-state index in [4.69, 9.17) is 0 Å². The molecule has 0 saturated carbocycles. The lowest BCUT2D eigenvalue weighted by atomic mass is 10.2. The van der Waals surface area contributed by atoms with Crippen molar-refractivity contribution in [2.75, 3.05) is 32.7 Å². The van der Waals surface area contributed by atoms with Gasteiger partial charge in [-0.2, -0.15) is 0 Å². The van der Waals surface area contributed by atoms with E-state index < -0.39 is 0 Å². The molecule has 1 aliphatic heterocycles. The lowest BCUT2D eigenvalue weighted by Crippen LogP contribution is -2.50. The molecule has 3 rings (SSSR count). The van der Waals surface area contributed by atoms with Gasteiger partial charge in [0.15, 0.2) is 0 Å². The summed E-state index contributed by atoms with van der Waals surface area (Å²) in [6.07, 6.45) is -0.135. The fourth-order valence-corrected chi connectivity index (χ4v) is 3.08. The molecule has 8 nitrogen and oxygen atoms in total. The molecule has 8 heteroatoms. The number of amides is 1. The van der Waals surface area contributed by atoms with Gasteiger partial charge in [-0.15, -0.1) is 5.10 Å². The highest BCUT2D eigenvalue weighted by Crippen LogP contribution is 2.06. The van der Waals surface area contributed by atoms with E-state index in [2.05, 4.69) is 15.2 Å². The van der Waals surface area contributed by atoms with Crippen LogP contribution in [0.1, 0.15) is 13.3 Å². The number of β-amino-alcohol motifs (C(OH)–C–C–N with tert-alkyl or cyclic N) is 1. The fraction of sp³-hybridized carbons (Fsp3) is 0.529. The van der Waals surface area contributed by atoms with Crippen LogP contribution >= 0.6 is 0 Å². The predicted molar refractivity (Wildman–Crippen MR) is 93.1 cm³/mol. The Labute approximate surface area is 145 Å². The zero-order valence-corrected chi connectivity index (χ0v) is 14.3. The van der Waals surface area contributed by atoms with Crippen molar-refractivity contribution in [2.24, 2.45) is 0 Å². The fourth-order valence-electron chi connectivity index (χ4n) is 3.08. The molecule has 1 N–H and O–H groups in total. The van der Waals surface area contributed by atoms with Gasteiger partial charge in [-0.05, 0) is 19.1 Å². The monoisotopic (exact) mass is 345 g/mol. The van der Waals surface area contributed by atoms with Crippen molar-refractivity contribution in [1.82, 2.24) is 24.8 Å². The minimum atomic E-state index is -0.361. The Bertz CT molecular complexity index is 796. The third-order valence-corrected chi connectivity index (χ3v) is 4.41. The number of aliphatic hydroxyl groups is 1. The lowest BCUT2D eigenvalue weighted by molar-refractivity contribution is -0.133. The zero-order valence-electron chi connectivity index (χ0n) is 14.3. The summed E-state index contributed by atoms with van der Waals surface area (Å²) in [4.78, 5) is 28.7. The second kappa shape index (κ2) is 7.71. The predicted octanol–water partition coefficient (Wildman–Crippen LogP) is -0.293. The van der Waals surface area contributed by atoms with Gasteiger partial charge in [-0.25, -0.2) is 4.68 Å². The molecule has 134 valence electrons. The highest BCUT2D eigenvalue weighted by Gasteiger charge is 2.21. The van der Waals surface area contributed by atoms with Crippen molar-refractivity contribution in [3.63, 3.8) is 0 Å². The summed E-state index contributed by atoms with van der Waals surface area (Å²) in [5, 5.41) is 17.9. The minimum absolute atomic E-state index is 0.0126. The molecule has 0 radical (unpaired) electrons. The number of aryl methyl sites for hydroxylation is 1. The summed E-state index contributed by atoms with van der Waals surface area (Å²) in [5.74, 6) is 0.0126. The molecule has 1 aromatic carbocycles. The van der Waals surface area contributed by atoms with E-state index in [1.807, 2.05) is 6.07 Å². The second-order valence-electron chi connectivity index (χ2n) is 6.42. The SMILES string of the molecule is C[C@@H](O)CN1CCN(C(=O)CCn2nnc3ccccc3c2=O)CC1. The molecule has 2 aromatic rings. The molecule has 0 aliphatic carbocycles. The summed E-state index contributed by atoms with van der Waals surface area (Å²) >= 11 is 0. The summed E-state index contributed by atoms with van der Waals surface area (Å²) < 4.78 is 1.25. The van der Waals surface area contributed by atoms with Gasteiger partial charge in [0.2, 0.25) is 5.91 Å². The topological polar surface area (TPSA) is 91.6 Å². The molecule has 1 amide bonds. The van der Waals surface area contributed by atoms with Crippen LogP contribution < -0.4 is 5.56 Å². The van der Waals surface area contributed by atoms with Crippen LogP contribution in [0.5, 0.6) is 0 Å². The van der Waals surface area contributed by atoms with E-state index in [9.17, 15) is 14.7 Å². The van der Waals surface area contributed by atoms with Gasteiger partial charge in [0.1, 0.15) is 5.52 Å². The van der Waals surface area contributed by atoms with E-state index in [0.717, 1.165) is 13.1 Å². The quantitative estimate of drug-likeness (QED) is 0.800. The van der Waals surface area contributed by atoms with E-state index in [-0.39, 0.29) is 30.5 Å². The van der Waals surface area contributed by atoms with E-state index in [1.165, 1.54) is 4.68 Å². The summed E-state index contributed by atoms with van der Waals surface area (Å²) in [6.45, 7) is 5.42. The number of hydrogen-bond donors (Lipinski definition) is 1. The molecule has 1 aliphatic rings. The Hall–Kier alpha value is -2.32. The number of benzene rings is 1. The largest absolute Gasteiger partial charge is 0.392 e. The summed E-state index contributed by atoms with van der Waals surface area (Å²) in [7, 11) is 0. The average Bonchev–Trinajstić information content (AvgIpc) is 2.61. The molecule has 1 atom stereocenters. The Kier molecular flexibility index (Phi) is 5.40. The molecule has 2 heterocycles. The number of aromatic nitrogens is 3. The first kappa shape index (κ1) is 17.5. The number of fused-ring (bicyclic) bond motifs is 1. The first-order valence-corrected chi connectivity index (χ1v) is 8.55. The first-order valence-electron chi connectivity index (χ1n) is 8.55. The highest BCUT2D eigenvalue weighted by atomic mass is 16.3.